The highest BCUT2D eigenvalue weighted by Gasteiger charge is 2.56. The Morgan fingerprint density at radius 3 is 2.42 bits per heavy atom. The Kier molecular flexibility index (Phi) is 3.86. The van der Waals surface area contributed by atoms with Crippen molar-refractivity contribution in [3.05, 3.63) is 89.4 Å². The minimum Gasteiger partial charge on any atom is -0.361 e. The standard InChI is InChI=1S/C27H27N3O/c1-26(2)22-15-14-21-23(18-10-6-4-7-11-18)30(20-12-8-5-9-13-20)29-24(21)27(22,3)16-19-17-28-31-25(19)26/h4-13,17,22H,14-16H2,1-3H3/t22-,27-/m0/s1. The Hall–Kier alpha value is -3.14. The van der Waals surface area contributed by atoms with Gasteiger partial charge in [-0.25, -0.2) is 4.68 Å². The monoisotopic (exact) mass is 409 g/mol. The summed E-state index contributed by atoms with van der Waals surface area (Å²) in [6.07, 6.45) is 4.99. The highest BCUT2D eigenvalue weighted by Crippen LogP contribution is 2.57. The van der Waals surface area contributed by atoms with Crippen LogP contribution >= 0.6 is 0 Å². The minimum absolute atomic E-state index is 0.0564. The molecule has 0 fully saturated rings. The molecule has 0 amide bonds. The first kappa shape index (κ1) is 18.6. The van der Waals surface area contributed by atoms with E-state index in [9.17, 15) is 0 Å². The molecule has 0 saturated heterocycles. The number of hydrogen-bond acceptors (Lipinski definition) is 3. The Balaban J connectivity index is 1.61. The summed E-state index contributed by atoms with van der Waals surface area (Å²) in [6, 6.07) is 21.2. The Labute approximate surface area is 182 Å². The van der Waals surface area contributed by atoms with Crippen LogP contribution in [0.2, 0.25) is 0 Å². The average molecular weight is 410 g/mol. The van der Waals surface area contributed by atoms with Crippen molar-refractivity contribution in [2.75, 3.05) is 0 Å². The number of para-hydroxylation sites is 1. The van der Waals surface area contributed by atoms with E-state index in [4.69, 9.17) is 9.62 Å². The molecular weight excluding hydrogens is 382 g/mol. The van der Waals surface area contributed by atoms with Crippen LogP contribution in [0, 0.1) is 5.92 Å². The average Bonchev–Trinajstić information content (AvgIpc) is 3.40. The molecule has 31 heavy (non-hydrogen) atoms. The molecule has 0 bridgehead atoms. The number of fused-ring (bicyclic) bond motifs is 4. The van der Waals surface area contributed by atoms with Gasteiger partial charge in [0.1, 0.15) is 5.76 Å². The molecule has 0 N–H and O–H groups in total. The van der Waals surface area contributed by atoms with E-state index < -0.39 is 0 Å². The molecule has 4 heteroatoms. The van der Waals surface area contributed by atoms with Gasteiger partial charge < -0.3 is 4.52 Å². The van der Waals surface area contributed by atoms with Crippen LogP contribution in [0.1, 0.15) is 49.8 Å². The second kappa shape index (κ2) is 6.43. The van der Waals surface area contributed by atoms with Gasteiger partial charge in [-0.3, -0.25) is 0 Å². The number of benzene rings is 2. The highest BCUT2D eigenvalue weighted by molar-refractivity contribution is 5.68. The summed E-state index contributed by atoms with van der Waals surface area (Å²) in [5.41, 5.74) is 7.30. The molecule has 0 aliphatic heterocycles. The second-order valence-electron chi connectivity index (χ2n) is 9.88. The molecule has 0 unspecified atom stereocenters. The smallest absolute Gasteiger partial charge is 0.145 e. The van der Waals surface area contributed by atoms with Crippen LogP contribution in [0.3, 0.4) is 0 Å². The van der Waals surface area contributed by atoms with Gasteiger partial charge in [0.2, 0.25) is 0 Å². The van der Waals surface area contributed by atoms with Gasteiger partial charge in [-0.05, 0) is 37.3 Å². The Morgan fingerprint density at radius 2 is 1.68 bits per heavy atom. The van der Waals surface area contributed by atoms with Crippen LogP contribution in [0.4, 0.5) is 0 Å². The lowest BCUT2D eigenvalue weighted by atomic mass is 9.51. The highest BCUT2D eigenvalue weighted by atomic mass is 16.5. The number of aromatic nitrogens is 3. The van der Waals surface area contributed by atoms with Gasteiger partial charge in [0, 0.05) is 27.5 Å². The fourth-order valence-electron chi connectivity index (χ4n) is 6.40. The van der Waals surface area contributed by atoms with Crippen LogP contribution in [0.25, 0.3) is 16.9 Å². The van der Waals surface area contributed by atoms with E-state index in [1.807, 2.05) is 6.20 Å². The van der Waals surface area contributed by atoms with E-state index in [-0.39, 0.29) is 10.8 Å². The fraction of sp³-hybridized carbons (Fsp3) is 0.333. The quantitative estimate of drug-likeness (QED) is 0.415. The zero-order valence-electron chi connectivity index (χ0n) is 18.3. The second-order valence-corrected chi connectivity index (χ2v) is 9.88. The van der Waals surface area contributed by atoms with Crippen molar-refractivity contribution in [2.24, 2.45) is 5.92 Å². The van der Waals surface area contributed by atoms with E-state index in [0.29, 0.717) is 5.92 Å². The molecule has 0 saturated carbocycles. The third-order valence-corrected chi connectivity index (χ3v) is 7.68. The molecule has 0 spiro atoms. The molecule has 156 valence electrons. The van der Waals surface area contributed by atoms with Gasteiger partial charge >= 0.3 is 0 Å². The number of rotatable bonds is 2. The Bertz CT molecular complexity index is 1250. The molecular formula is C27H27N3O. The maximum atomic E-state index is 5.75. The van der Waals surface area contributed by atoms with Gasteiger partial charge in [-0.1, -0.05) is 74.5 Å². The van der Waals surface area contributed by atoms with Gasteiger partial charge in [0.05, 0.1) is 23.3 Å². The topological polar surface area (TPSA) is 43.9 Å². The van der Waals surface area contributed by atoms with E-state index in [1.54, 1.807) is 0 Å². The van der Waals surface area contributed by atoms with Crippen molar-refractivity contribution in [1.82, 2.24) is 14.9 Å². The third kappa shape index (κ3) is 2.54. The predicted octanol–water partition coefficient (Wildman–Crippen LogP) is 5.88. The van der Waals surface area contributed by atoms with Crippen molar-refractivity contribution in [3.8, 4) is 16.9 Å². The largest absolute Gasteiger partial charge is 0.361 e. The lowest BCUT2D eigenvalue weighted by Crippen LogP contribution is -2.51. The molecule has 6 rings (SSSR count). The summed E-state index contributed by atoms with van der Waals surface area (Å²) >= 11 is 0. The molecule has 2 atom stereocenters. The molecule has 2 aromatic carbocycles. The first-order valence-corrected chi connectivity index (χ1v) is 11.2. The van der Waals surface area contributed by atoms with Gasteiger partial charge in [0.15, 0.2) is 0 Å². The van der Waals surface area contributed by atoms with E-state index in [2.05, 4.69) is 91.3 Å². The molecule has 4 aromatic rings. The van der Waals surface area contributed by atoms with E-state index in [0.717, 1.165) is 30.7 Å². The predicted molar refractivity (Wildman–Crippen MR) is 121 cm³/mol. The molecule has 0 radical (unpaired) electrons. The van der Waals surface area contributed by atoms with Crippen LogP contribution in [-0.2, 0) is 23.7 Å². The third-order valence-electron chi connectivity index (χ3n) is 7.68. The summed E-state index contributed by atoms with van der Waals surface area (Å²) in [4.78, 5) is 0. The van der Waals surface area contributed by atoms with Crippen LogP contribution in [0.5, 0.6) is 0 Å². The van der Waals surface area contributed by atoms with Crippen molar-refractivity contribution in [1.29, 1.82) is 0 Å². The summed E-state index contributed by atoms with van der Waals surface area (Å²) < 4.78 is 7.92. The van der Waals surface area contributed by atoms with Crippen molar-refractivity contribution >= 4 is 0 Å². The number of hydrogen-bond donors (Lipinski definition) is 0. The first-order chi connectivity index (χ1) is 15.0. The maximum absolute atomic E-state index is 5.75. The maximum Gasteiger partial charge on any atom is 0.145 e. The summed E-state index contributed by atoms with van der Waals surface area (Å²) in [6.45, 7) is 7.04. The lowest BCUT2D eigenvalue weighted by molar-refractivity contribution is 0.109. The van der Waals surface area contributed by atoms with Crippen LogP contribution < -0.4 is 0 Å². The molecule has 2 aliphatic rings. The molecule has 2 aromatic heterocycles. The van der Waals surface area contributed by atoms with Crippen molar-refractivity contribution in [3.63, 3.8) is 0 Å². The number of nitrogens with zero attached hydrogens (tertiary/aromatic N) is 3. The lowest BCUT2D eigenvalue weighted by Gasteiger charge is -2.51. The summed E-state index contributed by atoms with van der Waals surface area (Å²) in [5.74, 6) is 1.51. The molecule has 4 nitrogen and oxygen atoms in total. The fourth-order valence-corrected chi connectivity index (χ4v) is 6.40. The van der Waals surface area contributed by atoms with Gasteiger partial charge in [-0.15, -0.1) is 0 Å². The molecule has 2 aliphatic carbocycles. The zero-order chi connectivity index (χ0) is 21.2. The van der Waals surface area contributed by atoms with Gasteiger partial charge in [0.25, 0.3) is 0 Å². The zero-order valence-corrected chi connectivity index (χ0v) is 18.3. The van der Waals surface area contributed by atoms with Crippen molar-refractivity contribution < 1.29 is 4.52 Å². The Morgan fingerprint density at radius 1 is 0.968 bits per heavy atom. The molecule has 2 heterocycles. The SMILES string of the molecule is CC1(C)c2oncc2C[C@]2(C)c3nn(-c4ccccc4)c(-c4ccccc4)c3CC[C@@H]12. The summed E-state index contributed by atoms with van der Waals surface area (Å²) in [5, 5.41) is 9.50. The normalized spacial score (nSPS) is 23.6. The van der Waals surface area contributed by atoms with Gasteiger partial charge in [-0.2, -0.15) is 5.10 Å². The van der Waals surface area contributed by atoms with Crippen LogP contribution in [-0.4, -0.2) is 14.9 Å². The van der Waals surface area contributed by atoms with Crippen molar-refractivity contribution in [2.45, 2.75) is 50.9 Å². The minimum atomic E-state index is -0.0695. The van der Waals surface area contributed by atoms with E-state index in [1.165, 1.54) is 28.1 Å². The first-order valence-electron chi connectivity index (χ1n) is 11.2. The summed E-state index contributed by atoms with van der Waals surface area (Å²) in [7, 11) is 0. The van der Waals surface area contributed by atoms with E-state index >= 15 is 0 Å². The van der Waals surface area contributed by atoms with Crippen LogP contribution in [0.15, 0.2) is 71.4 Å².